The van der Waals surface area contributed by atoms with Crippen LogP contribution in [0, 0.1) is 11.8 Å². The fraction of sp³-hybridized carbons (Fsp3) is 0.400. The zero-order valence-corrected chi connectivity index (χ0v) is 13.5. The van der Waals surface area contributed by atoms with Crippen molar-refractivity contribution < 1.29 is 14.2 Å². The molecule has 0 atom stereocenters. The molecule has 0 aromatic heterocycles. The third-order valence-electron chi connectivity index (χ3n) is 4.26. The van der Waals surface area contributed by atoms with Gasteiger partial charge in [-0.05, 0) is 22.4 Å². The smallest absolute Gasteiger partial charge is 0.132 e. The summed E-state index contributed by atoms with van der Waals surface area (Å²) in [5.41, 5.74) is 0.808. The molecule has 23 heavy (non-hydrogen) atoms. The van der Waals surface area contributed by atoms with Crippen molar-refractivity contribution in [3.05, 3.63) is 48.0 Å². The fourth-order valence-electron chi connectivity index (χ4n) is 2.83. The molecule has 3 nitrogen and oxygen atoms in total. The minimum Gasteiger partial charge on any atom is -0.381 e. The molecule has 0 amide bonds. The van der Waals surface area contributed by atoms with Crippen molar-refractivity contribution in [2.75, 3.05) is 26.9 Å². The summed E-state index contributed by atoms with van der Waals surface area (Å²) in [5, 5.41) is 2.48. The SMILES string of the molecule is COC1(C#CCOCc2ccc3ccccc3c2)CCOCC1. The molecular formula is C20H22O3. The van der Waals surface area contributed by atoms with Gasteiger partial charge in [0.1, 0.15) is 12.2 Å². The number of methoxy groups -OCH3 is 1. The molecule has 0 radical (unpaired) electrons. The van der Waals surface area contributed by atoms with Gasteiger partial charge in [0.2, 0.25) is 0 Å². The van der Waals surface area contributed by atoms with E-state index >= 15 is 0 Å². The zero-order chi connectivity index (χ0) is 16.0. The molecule has 120 valence electrons. The highest BCUT2D eigenvalue weighted by Gasteiger charge is 2.30. The van der Waals surface area contributed by atoms with Crippen LogP contribution in [-0.2, 0) is 20.8 Å². The van der Waals surface area contributed by atoms with Gasteiger partial charge in [0.05, 0.1) is 19.8 Å². The Labute approximate surface area is 137 Å². The second-order valence-corrected chi connectivity index (χ2v) is 5.79. The van der Waals surface area contributed by atoms with E-state index in [4.69, 9.17) is 14.2 Å². The Kier molecular flexibility index (Phi) is 5.30. The minimum atomic E-state index is -0.357. The van der Waals surface area contributed by atoms with Crippen molar-refractivity contribution in [2.24, 2.45) is 0 Å². The average molecular weight is 310 g/mol. The molecule has 2 aromatic rings. The Morgan fingerprint density at radius 3 is 2.65 bits per heavy atom. The van der Waals surface area contributed by atoms with Crippen molar-refractivity contribution in [3.63, 3.8) is 0 Å². The molecule has 1 aliphatic heterocycles. The number of rotatable bonds is 4. The summed E-state index contributed by atoms with van der Waals surface area (Å²) in [6.45, 7) is 2.41. The minimum absolute atomic E-state index is 0.357. The predicted molar refractivity (Wildman–Crippen MR) is 91.2 cm³/mol. The Morgan fingerprint density at radius 2 is 1.87 bits per heavy atom. The van der Waals surface area contributed by atoms with Crippen LogP contribution in [0.25, 0.3) is 10.8 Å². The van der Waals surface area contributed by atoms with Crippen LogP contribution in [0.1, 0.15) is 18.4 Å². The number of fused-ring (bicyclic) bond motifs is 1. The van der Waals surface area contributed by atoms with Gasteiger partial charge in [-0.1, -0.05) is 48.2 Å². The molecule has 0 spiro atoms. The Balaban J connectivity index is 1.54. The summed E-state index contributed by atoms with van der Waals surface area (Å²) in [6, 6.07) is 14.7. The first-order valence-corrected chi connectivity index (χ1v) is 8.00. The number of benzene rings is 2. The standard InChI is InChI=1S/C20H22O3/c1-21-20(10-13-22-14-11-20)9-4-12-23-16-17-7-8-18-5-2-3-6-19(18)15-17/h2-3,5-8,15H,10-14,16H2,1H3. The largest absolute Gasteiger partial charge is 0.381 e. The van der Waals surface area contributed by atoms with Crippen LogP contribution < -0.4 is 0 Å². The monoisotopic (exact) mass is 310 g/mol. The van der Waals surface area contributed by atoms with Gasteiger partial charge in [0.25, 0.3) is 0 Å². The third kappa shape index (κ3) is 4.11. The molecule has 0 saturated carbocycles. The Morgan fingerprint density at radius 1 is 1.09 bits per heavy atom. The van der Waals surface area contributed by atoms with Crippen LogP contribution in [0.3, 0.4) is 0 Å². The fourth-order valence-corrected chi connectivity index (χ4v) is 2.83. The Bertz CT molecular complexity index is 705. The second-order valence-electron chi connectivity index (χ2n) is 5.79. The topological polar surface area (TPSA) is 27.7 Å². The van der Waals surface area contributed by atoms with E-state index in [1.54, 1.807) is 7.11 Å². The molecule has 0 N–H and O–H groups in total. The molecule has 1 aliphatic rings. The number of ether oxygens (including phenoxy) is 3. The number of hydrogen-bond donors (Lipinski definition) is 0. The van der Waals surface area contributed by atoms with Crippen molar-refractivity contribution in [1.29, 1.82) is 0 Å². The third-order valence-corrected chi connectivity index (χ3v) is 4.26. The summed E-state index contributed by atoms with van der Waals surface area (Å²) in [7, 11) is 1.72. The van der Waals surface area contributed by atoms with E-state index in [0.717, 1.165) is 18.4 Å². The molecule has 0 unspecified atom stereocenters. The zero-order valence-electron chi connectivity index (χ0n) is 13.5. The first-order chi connectivity index (χ1) is 11.3. The molecule has 0 bridgehead atoms. The summed E-state index contributed by atoms with van der Waals surface area (Å²) >= 11 is 0. The molecule has 1 fully saturated rings. The summed E-state index contributed by atoms with van der Waals surface area (Å²) in [6.07, 6.45) is 1.64. The van der Waals surface area contributed by atoms with Crippen LogP contribution in [-0.4, -0.2) is 32.5 Å². The lowest BCUT2D eigenvalue weighted by atomic mass is 9.95. The van der Waals surface area contributed by atoms with Crippen molar-refractivity contribution in [2.45, 2.75) is 25.0 Å². The molecule has 2 aromatic carbocycles. The van der Waals surface area contributed by atoms with Gasteiger partial charge in [-0.15, -0.1) is 0 Å². The van der Waals surface area contributed by atoms with Gasteiger partial charge in [-0.2, -0.15) is 0 Å². The maximum Gasteiger partial charge on any atom is 0.132 e. The van der Waals surface area contributed by atoms with E-state index in [2.05, 4.69) is 54.3 Å². The highest BCUT2D eigenvalue weighted by Crippen LogP contribution is 2.23. The molecule has 1 saturated heterocycles. The number of hydrogen-bond acceptors (Lipinski definition) is 3. The van der Waals surface area contributed by atoms with E-state index in [0.29, 0.717) is 26.4 Å². The molecule has 3 heteroatoms. The van der Waals surface area contributed by atoms with Crippen LogP contribution in [0.2, 0.25) is 0 Å². The van der Waals surface area contributed by atoms with Crippen LogP contribution in [0.5, 0.6) is 0 Å². The summed E-state index contributed by atoms with van der Waals surface area (Å²) < 4.78 is 16.6. The Hall–Kier alpha value is -1.86. The highest BCUT2D eigenvalue weighted by molar-refractivity contribution is 5.82. The highest BCUT2D eigenvalue weighted by atomic mass is 16.5. The van der Waals surface area contributed by atoms with Gasteiger partial charge in [-0.25, -0.2) is 0 Å². The maximum atomic E-state index is 5.69. The van der Waals surface area contributed by atoms with Crippen molar-refractivity contribution >= 4 is 10.8 Å². The van der Waals surface area contributed by atoms with E-state index in [1.807, 2.05) is 0 Å². The molecule has 3 rings (SSSR count). The summed E-state index contributed by atoms with van der Waals surface area (Å²) in [4.78, 5) is 0. The predicted octanol–water partition coefficient (Wildman–Crippen LogP) is 3.56. The van der Waals surface area contributed by atoms with Crippen LogP contribution in [0.15, 0.2) is 42.5 Å². The lowest BCUT2D eigenvalue weighted by Gasteiger charge is -2.30. The van der Waals surface area contributed by atoms with Crippen molar-refractivity contribution in [3.8, 4) is 11.8 Å². The lowest BCUT2D eigenvalue weighted by molar-refractivity contribution is -0.0526. The summed E-state index contributed by atoms with van der Waals surface area (Å²) in [5.74, 6) is 6.32. The van der Waals surface area contributed by atoms with Crippen LogP contribution in [0.4, 0.5) is 0 Å². The maximum absolute atomic E-state index is 5.69. The lowest BCUT2D eigenvalue weighted by Crippen LogP contribution is -2.36. The van der Waals surface area contributed by atoms with E-state index in [9.17, 15) is 0 Å². The van der Waals surface area contributed by atoms with E-state index < -0.39 is 0 Å². The van der Waals surface area contributed by atoms with Crippen LogP contribution >= 0.6 is 0 Å². The quantitative estimate of drug-likeness (QED) is 0.638. The molecule has 0 aliphatic carbocycles. The van der Waals surface area contributed by atoms with Gasteiger partial charge in [0.15, 0.2) is 0 Å². The van der Waals surface area contributed by atoms with Gasteiger partial charge in [0, 0.05) is 20.0 Å². The average Bonchev–Trinajstić information content (AvgIpc) is 2.62. The normalized spacial score (nSPS) is 16.7. The van der Waals surface area contributed by atoms with Gasteiger partial charge < -0.3 is 14.2 Å². The molecular weight excluding hydrogens is 288 g/mol. The van der Waals surface area contributed by atoms with E-state index in [-0.39, 0.29) is 5.60 Å². The van der Waals surface area contributed by atoms with Crippen molar-refractivity contribution in [1.82, 2.24) is 0 Å². The second kappa shape index (κ2) is 7.61. The molecule has 1 heterocycles. The van der Waals surface area contributed by atoms with Gasteiger partial charge in [-0.3, -0.25) is 0 Å². The van der Waals surface area contributed by atoms with E-state index in [1.165, 1.54) is 10.8 Å². The first kappa shape index (κ1) is 16.0. The van der Waals surface area contributed by atoms with Gasteiger partial charge >= 0.3 is 0 Å². The first-order valence-electron chi connectivity index (χ1n) is 8.00.